The molecule has 4 aromatic rings. The third kappa shape index (κ3) is 4.35. The predicted octanol–water partition coefficient (Wildman–Crippen LogP) is 4.73. The summed E-state index contributed by atoms with van der Waals surface area (Å²) in [7, 11) is 0. The molecule has 0 fully saturated rings. The number of carbonyl (C=O) groups is 1. The molecule has 2 aromatic heterocycles. The molecule has 0 atom stereocenters. The van der Waals surface area contributed by atoms with Gasteiger partial charge in [0.05, 0.1) is 17.8 Å². The van der Waals surface area contributed by atoms with Gasteiger partial charge in [0.2, 0.25) is 0 Å². The van der Waals surface area contributed by atoms with E-state index in [1.54, 1.807) is 31.3 Å². The maximum absolute atomic E-state index is 12.7. The summed E-state index contributed by atoms with van der Waals surface area (Å²) < 4.78 is 5.42. The number of carbonyl (C=O) groups excluding carboxylic acids is 1. The van der Waals surface area contributed by atoms with E-state index in [1.165, 1.54) is 0 Å². The van der Waals surface area contributed by atoms with Crippen LogP contribution in [0.4, 0.5) is 17.2 Å². The Balaban J connectivity index is 1.56. The van der Waals surface area contributed by atoms with E-state index >= 15 is 0 Å². The van der Waals surface area contributed by atoms with Crippen molar-refractivity contribution in [1.82, 2.24) is 15.0 Å². The molecule has 0 unspecified atom stereocenters. The number of anilines is 3. The molecule has 7 nitrogen and oxygen atoms in total. The number of hydrogen-bond acceptors (Lipinski definition) is 6. The maximum atomic E-state index is 12.7. The standard InChI is InChI=1S/C23H21N5O2/c1-3-30-18-11-9-17(10-12-18)27-23(29)20-14-21(26-15(2)25-20)28-19-8-4-6-16-7-5-13-24-22(16)19/h4-14H,3H2,1-2H3,(H,27,29)(H,25,26,28). The number of nitrogens with one attached hydrogen (secondary N) is 2. The monoisotopic (exact) mass is 399 g/mol. The first-order chi connectivity index (χ1) is 14.6. The molecule has 2 N–H and O–H groups in total. The number of rotatable bonds is 6. The number of ether oxygens (including phenoxy) is 1. The van der Waals surface area contributed by atoms with Gasteiger partial charge in [0, 0.05) is 23.3 Å². The molecule has 2 aromatic carbocycles. The van der Waals surface area contributed by atoms with E-state index in [4.69, 9.17) is 4.74 Å². The lowest BCUT2D eigenvalue weighted by molar-refractivity contribution is 0.102. The number of benzene rings is 2. The van der Waals surface area contributed by atoms with Crippen molar-refractivity contribution in [3.63, 3.8) is 0 Å². The van der Waals surface area contributed by atoms with Crippen molar-refractivity contribution in [1.29, 1.82) is 0 Å². The normalized spacial score (nSPS) is 10.6. The fraction of sp³-hybridized carbons (Fsp3) is 0.130. The van der Waals surface area contributed by atoms with Crippen molar-refractivity contribution in [2.24, 2.45) is 0 Å². The van der Waals surface area contributed by atoms with E-state index in [2.05, 4.69) is 25.6 Å². The Hall–Kier alpha value is -4.00. The van der Waals surface area contributed by atoms with Gasteiger partial charge in [-0.2, -0.15) is 0 Å². The number of aromatic nitrogens is 3. The molecular weight excluding hydrogens is 378 g/mol. The second-order valence-corrected chi connectivity index (χ2v) is 6.60. The van der Waals surface area contributed by atoms with Crippen LogP contribution in [0.25, 0.3) is 10.9 Å². The number of fused-ring (bicyclic) bond motifs is 1. The average Bonchev–Trinajstić information content (AvgIpc) is 2.75. The molecule has 0 aliphatic heterocycles. The molecule has 2 heterocycles. The number of amides is 1. The molecule has 0 radical (unpaired) electrons. The minimum Gasteiger partial charge on any atom is -0.494 e. The quantitative estimate of drug-likeness (QED) is 0.487. The zero-order chi connectivity index (χ0) is 20.9. The SMILES string of the molecule is CCOc1ccc(NC(=O)c2cc(Nc3cccc4cccnc34)nc(C)n2)cc1. The van der Waals surface area contributed by atoms with E-state index < -0.39 is 0 Å². The summed E-state index contributed by atoms with van der Waals surface area (Å²) in [5.41, 5.74) is 2.57. The van der Waals surface area contributed by atoms with E-state index in [1.807, 2.05) is 49.4 Å². The topological polar surface area (TPSA) is 89.0 Å². The molecule has 7 heteroatoms. The Morgan fingerprint density at radius 1 is 1.03 bits per heavy atom. The molecule has 4 rings (SSSR count). The van der Waals surface area contributed by atoms with Crippen LogP contribution in [-0.4, -0.2) is 27.5 Å². The summed E-state index contributed by atoms with van der Waals surface area (Å²) in [6.07, 6.45) is 1.74. The second kappa shape index (κ2) is 8.57. The molecule has 0 saturated heterocycles. The van der Waals surface area contributed by atoms with Gasteiger partial charge in [-0.15, -0.1) is 0 Å². The Morgan fingerprint density at radius 2 is 1.83 bits per heavy atom. The summed E-state index contributed by atoms with van der Waals surface area (Å²) >= 11 is 0. The fourth-order valence-corrected chi connectivity index (χ4v) is 3.09. The zero-order valence-electron chi connectivity index (χ0n) is 16.7. The summed E-state index contributed by atoms with van der Waals surface area (Å²) in [5, 5.41) is 7.12. The summed E-state index contributed by atoms with van der Waals surface area (Å²) in [6.45, 7) is 4.27. The summed E-state index contributed by atoms with van der Waals surface area (Å²) in [4.78, 5) is 25.8. The smallest absolute Gasteiger partial charge is 0.274 e. The Labute approximate surface area is 174 Å². The van der Waals surface area contributed by atoms with Gasteiger partial charge in [0.1, 0.15) is 23.1 Å². The van der Waals surface area contributed by atoms with E-state index in [0.717, 1.165) is 22.3 Å². The summed E-state index contributed by atoms with van der Waals surface area (Å²) in [6, 6.07) is 18.6. The highest BCUT2D eigenvalue weighted by Gasteiger charge is 2.12. The average molecular weight is 399 g/mol. The van der Waals surface area contributed by atoms with Gasteiger partial charge in [-0.3, -0.25) is 9.78 Å². The number of aryl methyl sites for hydroxylation is 1. The van der Waals surface area contributed by atoms with Crippen molar-refractivity contribution in [3.8, 4) is 5.75 Å². The van der Waals surface area contributed by atoms with Crippen LogP contribution in [0.2, 0.25) is 0 Å². The Kier molecular flexibility index (Phi) is 5.52. The van der Waals surface area contributed by atoms with Crippen molar-refractivity contribution >= 4 is 34.0 Å². The minimum absolute atomic E-state index is 0.270. The number of pyridine rings is 1. The van der Waals surface area contributed by atoms with Crippen LogP contribution in [0.15, 0.2) is 66.9 Å². The third-order valence-corrected chi connectivity index (χ3v) is 4.39. The van der Waals surface area contributed by atoms with Gasteiger partial charge < -0.3 is 15.4 Å². The molecule has 30 heavy (non-hydrogen) atoms. The van der Waals surface area contributed by atoms with Gasteiger partial charge in [0.25, 0.3) is 5.91 Å². The lowest BCUT2D eigenvalue weighted by Gasteiger charge is -2.11. The molecular formula is C23H21N5O2. The van der Waals surface area contributed by atoms with Crippen LogP contribution in [0.1, 0.15) is 23.2 Å². The van der Waals surface area contributed by atoms with Gasteiger partial charge in [-0.05, 0) is 50.2 Å². The highest BCUT2D eigenvalue weighted by Crippen LogP contribution is 2.24. The molecule has 0 aliphatic carbocycles. The van der Waals surface area contributed by atoms with Gasteiger partial charge >= 0.3 is 0 Å². The third-order valence-electron chi connectivity index (χ3n) is 4.39. The van der Waals surface area contributed by atoms with Crippen LogP contribution in [0, 0.1) is 6.92 Å². The lowest BCUT2D eigenvalue weighted by atomic mass is 10.2. The minimum atomic E-state index is -0.316. The Morgan fingerprint density at radius 3 is 2.63 bits per heavy atom. The predicted molar refractivity (Wildman–Crippen MR) is 117 cm³/mol. The molecule has 0 aliphatic rings. The second-order valence-electron chi connectivity index (χ2n) is 6.60. The number of para-hydroxylation sites is 1. The largest absolute Gasteiger partial charge is 0.494 e. The van der Waals surface area contributed by atoms with Crippen molar-refractivity contribution in [2.75, 3.05) is 17.2 Å². The number of hydrogen-bond donors (Lipinski definition) is 2. The molecule has 150 valence electrons. The highest BCUT2D eigenvalue weighted by atomic mass is 16.5. The van der Waals surface area contributed by atoms with Crippen molar-refractivity contribution in [3.05, 3.63) is 78.4 Å². The Bertz CT molecular complexity index is 1190. The molecule has 0 saturated carbocycles. The van der Waals surface area contributed by atoms with E-state index in [-0.39, 0.29) is 11.6 Å². The highest BCUT2D eigenvalue weighted by molar-refractivity contribution is 6.03. The molecule has 0 bridgehead atoms. The van der Waals surface area contributed by atoms with Gasteiger partial charge in [0.15, 0.2) is 0 Å². The van der Waals surface area contributed by atoms with Crippen LogP contribution >= 0.6 is 0 Å². The van der Waals surface area contributed by atoms with E-state index in [0.29, 0.717) is 23.9 Å². The van der Waals surface area contributed by atoms with Crippen molar-refractivity contribution < 1.29 is 9.53 Å². The number of nitrogens with zero attached hydrogens (tertiary/aromatic N) is 3. The zero-order valence-corrected chi connectivity index (χ0v) is 16.7. The molecule has 0 spiro atoms. The first kappa shape index (κ1) is 19.3. The molecule has 1 amide bonds. The lowest BCUT2D eigenvalue weighted by Crippen LogP contribution is -2.15. The van der Waals surface area contributed by atoms with Crippen LogP contribution in [0.3, 0.4) is 0 Å². The maximum Gasteiger partial charge on any atom is 0.274 e. The van der Waals surface area contributed by atoms with Crippen LogP contribution in [-0.2, 0) is 0 Å². The first-order valence-electron chi connectivity index (χ1n) is 9.63. The van der Waals surface area contributed by atoms with Crippen molar-refractivity contribution in [2.45, 2.75) is 13.8 Å². The van der Waals surface area contributed by atoms with Crippen LogP contribution in [0.5, 0.6) is 5.75 Å². The fourth-order valence-electron chi connectivity index (χ4n) is 3.09. The summed E-state index contributed by atoms with van der Waals surface area (Å²) in [5.74, 6) is 1.45. The van der Waals surface area contributed by atoms with Crippen LogP contribution < -0.4 is 15.4 Å². The van der Waals surface area contributed by atoms with Gasteiger partial charge in [-0.25, -0.2) is 9.97 Å². The van der Waals surface area contributed by atoms with E-state index in [9.17, 15) is 4.79 Å². The first-order valence-corrected chi connectivity index (χ1v) is 9.63. The van der Waals surface area contributed by atoms with Gasteiger partial charge in [-0.1, -0.05) is 18.2 Å².